The second kappa shape index (κ2) is 6.51. The van der Waals surface area contributed by atoms with E-state index in [-0.39, 0.29) is 5.69 Å². The SMILES string of the molecule is O=[N+]([O-])c1ccc(NCc2ncc(Br)cc2Br)c(Cl)c1. The number of pyridine rings is 1. The number of anilines is 1. The molecule has 0 saturated heterocycles. The topological polar surface area (TPSA) is 68.1 Å². The molecule has 1 aromatic carbocycles. The Bertz CT molecular complexity index is 667. The number of non-ortho nitro benzene ring substituents is 1. The van der Waals surface area contributed by atoms with Gasteiger partial charge >= 0.3 is 0 Å². The Balaban J connectivity index is 2.13. The van der Waals surface area contributed by atoms with Crippen LogP contribution in [0.25, 0.3) is 0 Å². The number of benzene rings is 1. The third-order valence-electron chi connectivity index (χ3n) is 2.49. The summed E-state index contributed by atoms with van der Waals surface area (Å²) in [5.74, 6) is 0. The van der Waals surface area contributed by atoms with E-state index in [1.807, 2.05) is 6.07 Å². The molecule has 0 saturated carbocycles. The fourth-order valence-corrected chi connectivity index (χ4v) is 2.88. The number of rotatable bonds is 4. The van der Waals surface area contributed by atoms with Crippen LogP contribution in [0.4, 0.5) is 11.4 Å². The molecule has 0 aliphatic rings. The van der Waals surface area contributed by atoms with Crippen molar-refractivity contribution in [2.75, 3.05) is 5.32 Å². The molecule has 104 valence electrons. The summed E-state index contributed by atoms with van der Waals surface area (Å²) >= 11 is 12.7. The highest BCUT2D eigenvalue weighted by molar-refractivity contribution is 9.11. The molecule has 1 aromatic heterocycles. The Hall–Kier alpha value is -1.18. The number of hydrogen-bond donors (Lipinski definition) is 1. The minimum atomic E-state index is -0.484. The van der Waals surface area contributed by atoms with E-state index in [0.717, 1.165) is 14.6 Å². The predicted molar refractivity (Wildman–Crippen MR) is 85.1 cm³/mol. The molecule has 0 aliphatic carbocycles. The van der Waals surface area contributed by atoms with Crippen LogP contribution in [0.15, 0.2) is 39.4 Å². The molecule has 0 radical (unpaired) electrons. The third-order valence-corrected chi connectivity index (χ3v) is 3.93. The van der Waals surface area contributed by atoms with Gasteiger partial charge in [-0.1, -0.05) is 11.6 Å². The highest BCUT2D eigenvalue weighted by Crippen LogP contribution is 2.27. The number of nitro benzene ring substituents is 1. The molecule has 0 fully saturated rings. The Morgan fingerprint density at radius 2 is 2.10 bits per heavy atom. The lowest BCUT2D eigenvalue weighted by Crippen LogP contribution is -2.03. The van der Waals surface area contributed by atoms with Crippen molar-refractivity contribution in [2.24, 2.45) is 0 Å². The number of halogens is 3. The number of aromatic nitrogens is 1. The Labute approximate surface area is 136 Å². The van der Waals surface area contributed by atoms with Crippen LogP contribution >= 0.6 is 43.5 Å². The van der Waals surface area contributed by atoms with Crippen LogP contribution in [0.3, 0.4) is 0 Å². The third kappa shape index (κ3) is 3.68. The van der Waals surface area contributed by atoms with Gasteiger partial charge in [0.1, 0.15) is 0 Å². The van der Waals surface area contributed by atoms with E-state index in [1.165, 1.54) is 12.1 Å². The lowest BCUT2D eigenvalue weighted by atomic mass is 10.2. The van der Waals surface area contributed by atoms with Crippen LogP contribution in [-0.4, -0.2) is 9.91 Å². The van der Waals surface area contributed by atoms with E-state index < -0.39 is 4.92 Å². The van der Waals surface area contributed by atoms with Crippen molar-refractivity contribution in [3.8, 4) is 0 Å². The van der Waals surface area contributed by atoms with Crippen LogP contribution in [-0.2, 0) is 6.54 Å². The van der Waals surface area contributed by atoms with Gasteiger partial charge in [-0.3, -0.25) is 15.1 Å². The number of nitrogens with one attached hydrogen (secondary N) is 1. The van der Waals surface area contributed by atoms with Gasteiger partial charge in [-0.25, -0.2) is 0 Å². The summed E-state index contributed by atoms with van der Waals surface area (Å²) in [7, 11) is 0. The molecule has 1 heterocycles. The summed E-state index contributed by atoms with van der Waals surface area (Å²) in [6, 6.07) is 6.18. The largest absolute Gasteiger partial charge is 0.378 e. The Morgan fingerprint density at radius 1 is 1.35 bits per heavy atom. The maximum absolute atomic E-state index is 10.6. The summed E-state index contributed by atoms with van der Waals surface area (Å²) in [6.45, 7) is 0.450. The van der Waals surface area contributed by atoms with Gasteiger partial charge in [0, 0.05) is 27.3 Å². The van der Waals surface area contributed by atoms with Crippen molar-refractivity contribution in [2.45, 2.75) is 6.54 Å². The molecule has 0 unspecified atom stereocenters. The van der Waals surface area contributed by atoms with Gasteiger partial charge in [0.15, 0.2) is 0 Å². The van der Waals surface area contributed by atoms with Crippen molar-refractivity contribution >= 4 is 54.8 Å². The van der Waals surface area contributed by atoms with Gasteiger partial charge in [0.2, 0.25) is 0 Å². The average molecular weight is 421 g/mol. The summed E-state index contributed by atoms with van der Waals surface area (Å²) < 4.78 is 1.74. The predicted octanol–water partition coefficient (Wildman–Crippen LogP) is 4.78. The van der Waals surface area contributed by atoms with E-state index in [1.54, 1.807) is 12.3 Å². The highest BCUT2D eigenvalue weighted by atomic mass is 79.9. The number of nitrogens with zero attached hydrogens (tertiary/aromatic N) is 2. The minimum Gasteiger partial charge on any atom is -0.378 e. The van der Waals surface area contributed by atoms with Crippen molar-refractivity contribution in [3.05, 3.63) is 60.2 Å². The number of hydrogen-bond acceptors (Lipinski definition) is 4. The molecule has 8 heteroatoms. The Morgan fingerprint density at radius 3 is 2.70 bits per heavy atom. The van der Waals surface area contributed by atoms with Gasteiger partial charge in [0.05, 0.1) is 27.9 Å². The van der Waals surface area contributed by atoms with Crippen molar-refractivity contribution < 1.29 is 4.92 Å². The molecule has 2 aromatic rings. The van der Waals surface area contributed by atoms with Gasteiger partial charge < -0.3 is 5.32 Å². The first-order valence-corrected chi connectivity index (χ1v) is 7.41. The van der Waals surface area contributed by atoms with Crippen molar-refractivity contribution in [1.82, 2.24) is 4.98 Å². The smallest absolute Gasteiger partial charge is 0.271 e. The summed E-state index contributed by atoms with van der Waals surface area (Å²) in [5, 5.41) is 14.0. The molecule has 0 atom stereocenters. The maximum atomic E-state index is 10.6. The molecular weight excluding hydrogens is 413 g/mol. The molecule has 20 heavy (non-hydrogen) atoms. The minimum absolute atomic E-state index is 0.0384. The Kier molecular flexibility index (Phi) is 4.95. The van der Waals surface area contributed by atoms with Crippen LogP contribution in [0, 0.1) is 10.1 Å². The normalized spacial score (nSPS) is 10.3. The van der Waals surface area contributed by atoms with Crippen LogP contribution in [0.5, 0.6) is 0 Å². The fourth-order valence-electron chi connectivity index (χ4n) is 1.51. The van der Waals surface area contributed by atoms with E-state index in [0.29, 0.717) is 17.3 Å². The molecule has 2 rings (SSSR count). The van der Waals surface area contributed by atoms with E-state index in [9.17, 15) is 10.1 Å². The van der Waals surface area contributed by atoms with E-state index in [4.69, 9.17) is 11.6 Å². The standard InChI is InChI=1S/C12H8Br2ClN3O2/c13-7-3-9(14)12(16-5-7)6-17-11-2-1-8(18(19)20)4-10(11)15/h1-5,17H,6H2. The summed E-state index contributed by atoms with van der Waals surface area (Å²) in [6.07, 6.45) is 1.69. The zero-order valence-electron chi connectivity index (χ0n) is 9.94. The van der Waals surface area contributed by atoms with Crippen molar-refractivity contribution in [3.63, 3.8) is 0 Å². The monoisotopic (exact) mass is 419 g/mol. The zero-order chi connectivity index (χ0) is 14.7. The second-order valence-corrected chi connectivity index (χ2v) is 6.03. The zero-order valence-corrected chi connectivity index (χ0v) is 13.9. The summed E-state index contributed by atoms with van der Waals surface area (Å²) in [4.78, 5) is 14.4. The lowest BCUT2D eigenvalue weighted by molar-refractivity contribution is -0.384. The first-order valence-electron chi connectivity index (χ1n) is 5.45. The van der Waals surface area contributed by atoms with E-state index in [2.05, 4.69) is 42.2 Å². The first kappa shape index (κ1) is 15.2. The fraction of sp³-hybridized carbons (Fsp3) is 0.0833. The van der Waals surface area contributed by atoms with Crippen molar-refractivity contribution in [1.29, 1.82) is 0 Å². The van der Waals surface area contributed by atoms with Crippen LogP contribution < -0.4 is 5.32 Å². The highest BCUT2D eigenvalue weighted by Gasteiger charge is 2.10. The maximum Gasteiger partial charge on any atom is 0.271 e. The van der Waals surface area contributed by atoms with E-state index >= 15 is 0 Å². The molecular formula is C12H8Br2ClN3O2. The quantitative estimate of drug-likeness (QED) is 0.570. The number of nitro groups is 1. The molecule has 0 aliphatic heterocycles. The molecule has 5 nitrogen and oxygen atoms in total. The lowest BCUT2D eigenvalue weighted by Gasteiger charge is -2.09. The van der Waals surface area contributed by atoms with Gasteiger partial charge in [-0.15, -0.1) is 0 Å². The van der Waals surface area contributed by atoms with Crippen LogP contribution in [0.1, 0.15) is 5.69 Å². The molecule has 0 amide bonds. The molecule has 0 bridgehead atoms. The first-order chi connectivity index (χ1) is 9.47. The molecule has 1 N–H and O–H groups in total. The average Bonchev–Trinajstić information content (AvgIpc) is 2.38. The molecule has 0 spiro atoms. The van der Waals surface area contributed by atoms with Gasteiger partial charge in [-0.2, -0.15) is 0 Å². The second-order valence-electron chi connectivity index (χ2n) is 3.86. The van der Waals surface area contributed by atoms with Gasteiger partial charge in [0.25, 0.3) is 5.69 Å². The van der Waals surface area contributed by atoms with Gasteiger partial charge in [-0.05, 0) is 44.0 Å². The van der Waals surface area contributed by atoms with Crippen LogP contribution in [0.2, 0.25) is 5.02 Å². The summed E-state index contributed by atoms with van der Waals surface area (Å²) in [5.41, 5.74) is 1.39.